The highest BCUT2D eigenvalue weighted by Gasteiger charge is 2.18. The summed E-state index contributed by atoms with van der Waals surface area (Å²) in [4.78, 5) is 24.0. The summed E-state index contributed by atoms with van der Waals surface area (Å²) in [6.45, 7) is 2.83. The zero-order valence-electron chi connectivity index (χ0n) is 15.1. The van der Waals surface area contributed by atoms with Gasteiger partial charge in [-0.25, -0.2) is 4.79 Å². The summed E-state index contributed by atoms with van der Waals surface area (Å²) in [6.07, 6.45) is 0.708. The van der Waals surface area contributed by atoms with Crippen LogP contribution in [0.2, 0.25) is 5.02 Å². The van der Waals surface area contributed by atoms with E-state index >= 15 is 0 Å². The number of hydrogen-bond donors (Lipinski definition) is 0. The molecule has 2 heterocycles. The number of benzene rings is 2. The van der Waals surface area contributed by atoms with Crippen molar-refractivity contribution in [2.45, 2.75) is 19.8 Å². The third kappa shape index (κ3) is 3.68. The van der Waals surface area contributed by atoms with Crippen molar-refractivity contribution in [3.63, 3.8) is 0 Å². The molecule has 0 spiro atoms. The largest absolute Gasteiger partial charge is 0.486 e. The molecular weight excluding hydrogens is 384 g/mol. The number of hydrogen-bond acceptors (Lipinski definition) is 6. The van der Waals surface area contributed by atoms with Crippen LogP contribution in [0.15, 0.2) is 45.6 Å². The fourth-order valence-corrected chi connectivity index (χ4v) is 3.45. The summed E-state index contributed by atoms with van der Waals surface area (Å²) in [5.41, 5.74) is 1.49. The number of carbonyl (C=O) groups excluding carboxylic acids is 1. The van der Waals surface area contributed by atoms with Crippen LogP contribution in [0.5, 0.6) is 17.2 Å². The lowest BCUT2D eigenvalue weighted by atomic mass is 10.1. The molecule has 2 aromatic carbocycles. The first-order chi connectivity index (χ1) is 13.5. The lowest BCUT2D eigenvalue weighted by molar-refractivity contribution is -0.133. The average molecular weight is 401 g/mol. The van der Waals surface area contributed by atoms with Crippen molar-refractivity contribution in [2.24, 2.45) is 0 Å². The highest BCUT2D eigenvalue weighted by molar-refractivity contribution is 6.32. The van der Waals surface area contributed by atoms with E-state index in [0.717, 1.165) is 10.9 Å². The number of ether oxygens (including phenoxy) is 3. The molecule has 3 aromatic rings. The third-order valence-electron chi connectivity index (χ3n) is 4.42. The SMILES string of the molecule is CCc1cc(=O)oc2cc(OC(=O)Cc3cc(Cl)c4c(c3)OCCO4)ccc12. The fraction of sp³-hybridized carbons (Fsp3) is 0.238. The standard InChI is InChI=1S/C21H17ClO6/c1-2-13-10-20(24)28-17-11-14(3-4-15(13)17)27-19(23)9-12-7-16(22)21-18(8-12)25-5-6-26-21/h3-4,7-8,10-11H,2,5-6,9H2,1H3. The molecule has 0 radical (unpaired) electrons. The topological polar surface area (TPSA) is 75.0 Å². The van der Waals surface area contributed by atoms with Crippen LogP contribution in [0.25, 0.3) is 11.0 Å². The summed E-state index contributed by atoms with van der Waals surface area (Å²) in [7, 11) is 0. The second-order valence-electron chi connectivity index (χ2n) is 6.35. The Balaban J connectivity index is 1.54. The first kappa shape index (κ1) is 18.4. The van der Waals surface area contributed by atoms with Crippen molar-refractivity contribution in [1.82, 2.24) is 0 Å². The van der Waals surface area contributed by atoms with Crippen molar-refractivity contribution in [3.05, 3.63) is 63.0 Å². The minimum Gasteiger partial charge on any atom is -0.486 e. The second kappa shape index (κ2) is 7.56. The zero-order valence-corrected chi connectivity index (χ0v) is 15.9. The van der Waals surface area contributed by atoms with Gasteiger partial charge in [-0.05, 0) is 41.8 Å². The van der Waals surface area contributed by atoms with Gasteiger partial charge in [0.2, 0.25) is 0 Å². The zero-order chi connectivity index (χ0) is 19.7. The molecule has 1 aromatic heterocycles. The Bertz CT molecular complexity index is 1120. The second-order valence-corrected chi connectivity index (χ2v) is 6.76. The summed E-state index contributed by atoms with van der Waals surface area (Å²) in [5.74, 6) is 0.834. The maximum atomic E-state index is 12.4. The first-order valence-corrected chi connectivity index (χ1v) is 9.27. The van der Waals surface area contributed by atoms with Crippen molar-refractivity contribution in [1.29, 1.82) is 0 Å². The Morgan fingerprint density at radius 3 is 2.79 bits per heavy atom. The third-order valence-corrected chi connectivity index (χ3v) is 4.70. The van der Waals surface area contributed by atoms with E-state index in [4.69, 9.17) is 30.2 Å². The van der Waals surface area contributed by atoms with Crippen LogP contribution in [0.1, 0.15) is 18.1 Å². The van der Waals surface area contributed by atoms with Gasteiger partial charge in [-0.3, -0.25) is 4.79 Å². The molecule has 1 aliphatic heterocycles. The van der Waals surface area contributed by atoms with Crippen LogP contribution in [0.3, 0.4) is 0 Å². The monoisotopic (exact) mass is 400 g/mol. The lowest BCUT2D eigenvalue weighted by Crippen LogP contribution is -2.16. The summed E-state index contributed by atoms with van der Waals surface area (Å²) in [5, 5.41) is 1.21. The molecule has 144 valence electrons. The average Bonchev–Trinajstić information content (AvgIpc) is 2.67. The number of halogens is 1. The molecule has 0 bridgehead atoms. The van der Waals surface area contributed by atoms with Gasteiger partial charge in [0.25, 0.3) is 0 Å². The van der Waals surface area contributed by atoms with Crippen LogP contribution in [0, 0.1) is 0 Å². The van der Waals surface area contributed by atoms with Crippen molar-refractivity contribution >= 4 is 28.5 Å². The van der Waals surface area contributed by atoms with Gasteiger partial charge in [-0.15, -0.1) is 0 Å². The predicted molar refractivity (Wildman–Crippen MR) is 104 cm³/mol. The number of esters is 1. The van der Waals surface area contributed by atoms with Crippen LogP contribution in [-0.4, -0.2) is 19.2 Å². The number of aryl methyl sites for hydroxylation is 1. The van der Waals surface area contributed by atoms with Crippen molar-refractivity contribution in [3.8, 4) is 17.2 Å². The maximum absolute atomic E-state index is 12.4. The number of fused-ring (bicyclic) bond motifs is 2. The molecule has 0 atom stereocenters. The highest BCUT2D eigenvalue weighted by Crippen LogP contribution is 2.38. The van der Waals surface area contributed by atoms with E-state index in [0.29, 0.717) is 53.1 Å². The molecule has 0 aliphatic carbocycles. The van der Waals surface area contributed by atoms with E-state index in [9.17, 15) is 9.59 Å². The van der Waals surface area contributed by atoms with E-state index in [1.165, 1.54) is 6.07 Å². The van der Waals surface area contributed by atoms with Gasteiger partial charge in [0.1, 0.15) is 24.5 Å². The van der Waals surface area contributed by atoms with Crippen LogP contribution >= 0.6 is 11.6 Å². The number of carbonyl (C=O) groups is 1. The van der Waals surface area contributed by atoms with Gasteiger partial charge in [-0.1, -0.05) is 18.5 Å². The minimum atomic E-state index is -0.471. The van der Waals surface area contributed by atoms with Gasteiger partial charge in [0, 0.05) is 17.5 Å². The molecule has 1 aliphatic rings. The van der Waals surface area contributed by atoms with Gasteiger partial charge in [0.05, 0.1) is 11.4 Å². The van der Waals surface area contributed by atoms with Gasteiger partial charge in [0.15, 0.2) is 11.5 Å². The molecule has 7 heteroatoms. The van der Waals surface area contributed by atoms with Gasteiger partial charge in [-0.2, -0.15) is 0 Å². The summed E-state index contributed by atoms with van der Waals surface area (Å²) in [6, 6.07) is 9.85. The Morgan fingerprint density at radius 2 is 1.96 bits per heavy atom. The van der Waals surface area contributed by atoms with Crippen LogP contribution < -0.4 is 19.8 Å². The Kier molecular flexibility index (Phi) is 4.96. The molecule has 0 amide bonds. The normalized spacial score (nSPS) is 12.8. The molecule has 0 saturated heterocycles. The van der Waals surface area contributed by atoms with E-state index in [1.807, 2.05) is 6.92 Å². The molecule has 28 heavy (non-hydrogen) atoms. The van der Waals surface area contributed by atoms with E-state index in [1.54, 1.807) is 30.3 Å². The van der Waals surface area contributed by atoms with Crippen molar-refractivity contribution in [2.75, 3.05) is 13.2 Å². The molecule has 0 N–H and O–H groups in total. The Labute approximate surface area is 165 Å². The van der Waals surface area contributed by atoms with Gasteiger partial charge < -0.3 is 18.6 Å². The summed E-state index contributed by atoms with van der Waals surface area (Å²) >= 11 is 6.20. The van der Waals surface area contributed by atoms with Crippen LogP contribution in [0.4, 0.5) is 0 Å². The summed E-state index contributed by atoms with van der Waals surface area (Å²) < 4.78 is 21.6. The van der Waals surface area contributed by atoms with Crippen molar-refractivity contribution < 1.29 is 23.4 Å². The first-order valence-electron chi connectivity index (χ1n) is 8.89. The van der Waals surface area contributed by atoms with E-state index in [-0.39, 0.29) is 6.42 Å². The fourth-order valence-electron chi connectivity index (χ4n) is 3.17. The smallest absolute Gasteiger partial charge is 0.336 e. The van der Waals surface area contributed by atoms with Gasteiger partial charge >= 0.3 is 11.6 Å². The minimum absolute atomic E-state index is 0.00729. The molecule has 4 rings (SSSR count). The highest BCUT2D eigenvalue weighted by atomic mass is 35.5. The Morgan fingerprint density at radius 1 is 1.14 bits per heavy atom. The maximum Gasteiger partial charge on any atom is 0.336 e. The number of rotatable bonds is 4. The van der Waals surface area contributed by atoms with Crippen LogP contribution in [-0.2, 0) is 17.6 Å². The molecule has 0 saturated carbocycles. The molecule has 6 nitrogen and oxygen atoms in total. The predicted octanol–water partition coefficient (Wildman–Crippen LogP) is 3.93. The Hall–Kier alpha value is -2.99. The molecular formula is C21H17ClO6. The van der Waals surface area contributed by atoms with E-state index in [2.05, 4.69) is 0 Å². The molecule has 0 unspecified atom stereocenters. The van der Waals surface area contributed by atoms with E-state index < -0.39 is 11.6 Å². The lowest BCUT2D eigenvalue weighted by Gasteiger charge is -2.20. The molecule has 0 fully saturated rings. The quantitative estimate of drug-likeness (QED) is 0.375.